The summed E-state index contributed by atoms with van der Waals surface area (Å²) in [7, 11) is 0. The molecule has 0 heterocycles. The van der Waals surface area contributed by atoms with Crippen LogP contribution < -0.4 is 5.73 Å². The lowest BCUT2D eigenvalue weighted by Gasteiger charge is -2.17. The second-order valence-corrected chi connectivity index (χ2v) is 2.87. The minimum atomic E-state index is -0.0417. The Morgan fingerprint density at radius 3 is 2.50 bits per heavy atom. The lowest BCUT2D eigenvalue weighted by Crippen LogP contribution is -2.33. The minimum absolute atomic E-state index is 0.0417. The smallest absolute Gasteiger partial charge is 0.0337 e. The SMILES string of the molecule is C=C1CCCC1(C)N. The molecule has 1 nitrogen and oxygen atoms in total. The Bertz CT molecular complexity index is 114. The van der Waals surface area contributed by atoms with Crippen LogP contribution in [0.2, 0.25) is 0 Å². The van der Waals surface area contributed by atoms with Crippen molar-refractivity contribution in [1.29, 1.82) is 0 Å². The van der Waals surface area contributed by atoms with Crippen LogP contribution in [0.3, 0.4) is 0 Å². The third-order valence-corrected chi connectivity index (χ3v) is 1.98. The Kier molecular flexibility index (Phi) is 1.16. The van der Waals surface area contributed by atoms with Crippen LogP contribution >= 0.6 is 0 Å². The van der Waals surface area contributed by atoms with Crippen LogP contribution in [0, 0.1) is 0 Å². The zero-order valence-corrected chi connectivity index (χ0v) is 5.41. The summed E-state index contributed by atoms with van der Waals surface area (Å²) >= 11 is 0. The molecule has 1 saturated carbocycles. The highest BCUT2D eigenvalue weighted by atomic mass is 14.7. The lowest BCUT2D eigenvalue weighted by atomic mass is 9.99. The first-order valence-corrected chi connectivity index (χ1v) is 3.10. The third-order valence-electron chi connectivity index (χ3n) is 1.98. The van der Waals surface area contributed by atoms with Crippen LogP contribution in [-0.4, -0.2) is 5.54 Å². The Labute approximate surface area is 50.6 Å². The average molecular weight is 111 g/mol. The van der Waals surface area contributed by atoms with Crippen LogP contribution in [0.5, 0.6) is 0 Å². The van der Waals surface area contributed by atoms with E-state index in [2.05, 4.69) is 13.5 Å². The fraction of sp³-hybridized carbons (Fsp3) is 0.714. The van der Waals surface area contributed by atoms with E-state index in [4.69, 9.17) is 5.73 Å². The quantitative estimate of drug-likeness (QED) is 0.470. The van der Waals surface area contributed by atoms with E-state index >= 15 is 0 Å². The van der Waals surface area contributed by atoms with Crippen molar-refractivity contribution in [1.82, 2.24) is 0 Å². The van der Waals surface area contributed by atoms with Gasteiger partial charge >= 0.3 is 0 Å². The largest absolute Gasteiger partial charge is 0.322 e. The van der Waals surface area contributed by atoms with Crippen LogP contribution in [0.25, 0.3) is 0 Å². The van der Waals surface area contributed by atoms with Crippen molar-refractivity contribution in [2.45, 2.75) is 31.7 Å². The zero-order chi connectivity index (χ0) is 6.20. The molecule has 1 aliphatic rings. The minimum Gasteiger partial charge on any atom is -0.322 e. The van der Waals surface area contributed by atoms with Gasteiger partial charge in [-0.2, -0.15) is 0 Å². The molecule has 46 valence electrons. The molecule has 0 amide bonds. The van der Waals surface area contributed by atoms with Crippen LogP contribution in [0.15, 0.2) is 12.2 Å². The molecular formula is C7H13N. The van der Waals surface area contributed by atoms with Gasteiger partial charge in [0.05, 0.1) is 0 Å². The molecule has 1 fully saturated rings. The van der Waals surface area contributed by atoms with Gasteiger partial charge in [0.2, 0.25) is 0 Å². The van der Waals surface area contributed by atoms with Crippen molar-refractivity contribution in [2.75, 3.05) is 0 Å². The number of rotatable bonds is 0. The second kappa shape index (κ2) is 1.59. The van der Waals surface area contributed by atoms with Gasteiger partial charge in [0.25, 0.3) is 0 Å². The monoisotopic (exact) mass is 111 g/mol. The van der Waals surface area contributed by atoms with Gasteiger partial charge in [-0.25, -0.2) is 0 Å². The molecule has 1 unspecified atom stereocenters. The van der Waals surface area contributed by atoms with Gasteiger partial charge in [-0.05, 0) is 26.2 Å². The molecule has 1 atom stereocenters. The maximum atomic E-state index is 5.82. The van der Waals surface area contributed by atoms with Gasteiger partial charge in [-0.1, -0.05) is 12.2 Å². The summed E-state index contributed by atoms with van der Waals surface area (Å²) in [5.41, 5.74) is 7.00. The number of hydrogen-bond donors (Lipinski definition) is 1. The first kappa shape index (κ1) is 5.83. The van der Waals surface area contributed by atoms with Gasteiger partial charge in [-0.15, -0.1) is 0 Å². The number of hydrogen-bond acceptors (Lipinski definition) is 1. The number of nitrogens with two attached hydrogens (primary N) is 1. The Morgan fingerprint density at radius 1 is 1.75 bits per heavy atom. The summed E-state index contributed by atoms with van der Waals surface area (Å²) in [6.45, 7) is 5.94. The van der Waals surface area contributed by atoms with Gasteiger partial charge in [0.1, 0.15) is 0 Å². The summed E-state index contributed by atoms with van der Waals surface area (Å²) in [6.07, 6.45) is 3.48. The fourth-order valence-corrected chi connectivity index (χ4v) is 1.13. The zero-order valence-electron chi connectivity index (χ0n) is 5.41. The highest BCUT2D eigenvalue weighted by Crippen LogP contribution is 2.30. The first-order chi connectivity index (χ1) is 3.63. The summed E-state index contributed by atoms with van der Waals surface area (Å²) < 4.78 is 0. The molecule has 0 spiro atoms. The summed E-state index contributed by atoms with van der Waals surface area (Å²) in [4.78, 5) is 0. The Balaban J connectivity index is 2.68. The average Bonchev–Trinajstić information content (AvgIpc) is 1.86. The van der Waals surface area contributed by atoms with Crippen molar-refractivity contribution in [2.24, 2.45) is 5.73 Å². The van der Waals surface area contributed by atoms with Gasteiger partial charge in [0.15, 0.2) is 0 Å². The summed E-state index contributed by atoms with van der Waals surface area (Å²) in [5, 5.41) is 0. The molecular weight excluding hydrogens is 98.1 g/mol. The molecule has 1 rings (SSSR count). The van der Waals surface area contributed by atoms with E-state index in [1.807, 2.05) is 0 Å². The van der Waals surface area contributed by atoms with Crippen molar-refractivity contribution < 1.29 is 0 Å². The molecule has 0 saturated heterocycles. The molecule has 0 aromatic heterocycles. The van der Waals surface area contributed by atoms with E-state index in [0.29, 0.717) is 0 Å². The van der Waals surface area contributed by atoms with E-state index < -0.39 is 0 Å². The van der Waals surface area contributed by atoms with Crippen molar-refractivity contribution >= 4 is 0 Å². The molecule has 0 aliphatic heterocycles. The normalized spacial score (nSPS) is 38.5. The van der Waals surface area contributed by atoms with Gasteiger partial charge in [-0.3, -0.25) is 0 Å². The van der Waals surface area contributed by atoms with Crippen LogP contribution in [-0.2, 0) is 0 Å². The van der Waals surface area contributed by atoms with E-state index in [1.165, 1.54) is 12.0 Å². The Hall–Kier alpha value is -0.300. The van der Waals surface area contributed by atoms with E-state index in [9.17, 15) is 0 Å². The van der Waals surface area contributed by atoms with E-state index in [-0.39, 0.29) is 5.54 Å². The topological polar surface area (TPSA) is 26.0 Å². The standard InChI is InChI=1S/C7H13N/c1-6-4-3-5-7(6,2)8/h1,3-5,8H2,2H3. The highest BCUT2D eigenvalue weighted by molar-refractivity contribution is 5.17. The molecule has 8 heavy (non-hydrogen) atoms. The van der Waals surface area contributed by atoms with Gasteiger partial charge in [0, 0.05) is 5.54 Å². The molecule has 0 radical (unpaired) electrons. The fourth-order valence-electron chi connectivity index (χ4n) is 1.13. The first-order valence-electron chi connectivity index (χ1n) is 3.10. The Morgan fingerprint density at radius 2 is 2.38 bits per heavy atom. The highest BCUT2D eigenvalue weighted by Gasteiger charge is 2.26. The van der Waals surface area contributed by atoms with E-state index in [0.717, 1.165) is 12.8 Å². The maximum absolute atomic E-state index is 5.82. The molecule has 0 aromatic rings. The predicted octanol–water partition coefficient (Wildman–Crippen LogP) is 1.44. The lowest BCUT2D eigenvalue weighted by molar-refractivity contribution is 0.565. The molecule has 0 aromatic carbocycles. The van der Waals surface area contributed by atoms with Gasteiger partial charge < -0.3 is 5.73 Å². The van der Waals surface area contributed by atoms with E-state index in [1.54, 1.807) is 0 Å². The molecule has 0 bridgehead atoms. The summed E-state index contributed by atoms with van der Waals surface area (Å²) in [5.74, 6) is 0. The predicted molar refractivity (Wildman–Crippen MR) is 35.6 cm³/mol. The molecule has 1 heteroatoms. The van der Waals surface area contributed by atoms with Crippen LogP contribution in [0.4, 0.5) is 0 Å². The maximum Gasteiger partial charge on any atom is 0.0337 e. The summed E-state index contributed by atoms with van der Waals surface area (Å²) in [6, 6.07) is 0. The second-order valence-electron chi connectivity index (χ2n) is 2.87. The van der Waals surface area contributed by atoms with Crippen molar-refractivity contribution in [3.05, 3.63) is 12.2 Å². The van der Waals surface area contributed by atoms with Crippen molar-refractivity contribution in [3.63, 3.8) is 0 Å². The van der Waals surface area contributed by atoms with Crippen molar-refractivity contribution in [3.8, 4) is 0 Å². The third kappa shape index (κ3) is 0.781. The van der Waals surface area contributed by atoms with Crippen LogP contribution in [0.1, 0.15) is 26.2 Å². The molecule has 1 aliphatic carbocycles. The molecule has 2 N–H and O–H groups in total.